The maximum atomic E-state index is 14.3. The zero-order chi connectivity index (χ0) is 19.1. The van der Waals surface area contributed by atoms with Gasteiger partial charge in [0.05, 0.1) is 24.2 Å². The third-order valence-corrected chi connectivity index (χ3v) is 3.92. The number of benzene rings is 2. The third-order valence-electron chi connectivity index (χ3n) is 3.92. The van der Waals surface area contributed by atoms with Gasteiger partial charge < -0.3 is 19.4 Å². The summed E-state index contributed by atoms with van der Waals surface area (Å²) in [6, 6.07) is 11.8. The maximum Gasteiger partial charge on any atom is 0.255 e. The predicted octanol–water partition coefficient (Wildman–Crippen LogP) is 2.97. The van der Waals surface area contributed by atoms with Gasteiger partial charge in [-0.05, 0) is 29.8 Å². The van der Waals surface area contributed by atoms with Crippen molar-refractivity contribution in [1.82, 2.24) is 14.9 Å². The topological polar surface area (TPSA) is 65.4 Å². The van der Waals surface area contributed by atoms with Crippen LogP contribution in [-0.2, 0) is 11.3 Å². The molecule has 0 aliphatic carbocycles. The first-order valence-corrected chi connectivity index (χ1v) is 8.45. The van der Waals surface area contributed by atoms with Crippen molar-refractivity contribution in [2.24, 2.45) is 0 Å². The average molecular weight is 369 g/mol. The molecule has 0 atom stereocenters. The number of hydrogen-bond acceptors (Lipinski definition) is 4. The number of imidazole rings is 1. The Kier molecular flexibility index (Phi) is 6.17. The number of carbonyl (C=O) groups is 1. The molecule has 0 spiro atoms. The predicted molar refractivity (Wildman–Crippen MR) is 98.5 cm³/mol. The second-order valence-corrected chi connectivity index (χ2v) is 5.78. The van der Waals surface area contributed by atoms with E-state index in [0.717, 1.165) is 0 Å². The highest BCUT2D eigenvalue weighted by Crippen LogP contribution is 2.19. The van der Waals surface area contributed by atoms with Crippen molar-refractivity contribution in [2.45, 2.75) is 6.54 Å². The van der Waals surface area contributed by atoms with Crippen LogP contribution in [0.3, 0.4) is 0 Å². The largest absolute Gasteiger partial charge is 0.490 e. The summed E-state index contributed by atoms with van der Waals surface area (Å²) in [4.78, 5) is 16.4. The Morgan fingerprint density at radius 1 is 1.22 bits per heavy atom. The number of methoxy groups -OCH3 is 1. The maximum absolute atomic E-state index is 14.3. The van der Waals surface area contributed by atoms with Crippen molar-refractivity contribution in [3.63, 3.8) is 0 Å². The Balaban J connectivity index is 1.65. The van der Waals surface area contributed by atoms with Crippen LogP contribution in [-0.4, -0.2) is 35.8 Å². The standard InChI is InChI=1S/C20H20FN3O3/c1-26-10-11-27-19-5-3-2-4-16(19)20(25)23-13-15-6-7-18(17(21)12-15)24-9-8-22-14-24/h2-9,12,14H,10-11,13H2,1H3,(H,23,25). The number of carbonyl (C=O) groups excluding carboxylic acids is 1. The van der Waals surface area contributed by atoms with E-state index >= 15 is 0 Å². The highest BCUT2D eigenvalue weighted by molar-refractivity contribution is 5.96. The molecule has 0 bridgehead atoms. The van der Waals surface area contributed by atoms with Gasteiger partial charge in [0.2, 0.25) is 0 Å². The molecule has 2 aromatic carbocycles. The monoisotopic (exact) mass is 369 g/mol. The first-order chi connectivity index (χ1) is 13.2. The van der Waals surface area contributed by atoms with Gasteiger partial charge in [0.25, 0.3) is 5.91 Å². The Labute approximate surface area is 156 Å². The van der Waals surface area contributed by atoms with E-state index in [9.17, 15) is 9.18 Å². The second-order valence-electron chi connectivity index (χ2n) is 5.78. The van der Waals surface area contributed by atoms with E-state index in [4.69, 9.17) is 9.47 Å². The minimum atomic E-state index is -0.386. The number of rotatable bonds is 8. The Hall–Kier alpha value is -3.19. The molecule has 0 unspecified atom stereocenters. The Bertz CT molecular complexity index is 897. The van der Waals surface area contributed by atoms with Gasteiger partial charge in [0.1, 0.15) is 18.2 Å². The van der Waals surface area contributed by atoms with Crippen LogP contribution < -0.4 is 10.1 Å². The van der Waals surface area contributed by atoms with E-state index in [0.29, 0.717) is 35.8 Å². The highest BCUT2D eigenvalue weighted by atomic mass is 19.1. The smallest absolute Gasteiger partial charge is 0.255 e. The summed E-state index contributed by atoms with van der Waals surface area (Å²) in [6.45, 7) is 0.979. The molecule has 6 nitrogen and oxygen atoms in total. The van der Waals surface area contributed by atoms with E-state index in [1.54, 1.807) is 60.5 Å². The molecular formula is C20H20FN3O3. The summed E-state index contributed by atoms with van der Waals surface area (Å²) < 4.78 is 26.4. The molecule has 0 aliphatic heterocycles. The van der Waals surface area contributed by atoms with E-state index in [-0.39, 0.29) is 18.3 Å². The lowest BCUT2D eigenvalue weighted by Crippen LogP contribution is -2.23. The molecule has 0 fully saturated rings. The molecule has 3 rings (SSSR count). The minimum absolute atomic E-state index is 0.201. The summed E-state index contributed by atoms with van der Waals surface area (Å²) in [5.41, 5.74) is 1.48. The fraction of sp³-hybridized carbons (Fsp3) is 0.200. The van der Waals surface area contributed by atoms with Gasteiger partial charge in [0, 0.05) is 26.0 Å². The summed E-state index contributed by atoms with van der Waals surface area (Å²) in [6.07, 6.45) is 4.78. The summed E-state index contributed by atoms with van der Waals surface area (Å²) >= 11 is 0. The van der Waals surface area contributed by atoms with Crippen LogP contribution in [0.25, 0.3) is 5.69 Å². The normalized spacial score (nSPS) is 10.6. The Morgan fingerprint density at radius 2 is 2.07 bits per heavy atom. The molecule has 0 aliphatic rings. The fourth-order valence-electron chi connectivity index (χ4n) is 2.56. The average Bonchev–Trinajstić information content (AvgIpc) is 3.21. The van der Waals surface area contributed by atoms with Gasteiger partial charge in [-0.1, -0.05) is 18.2 Å². The van der Waals surface area contributed by atoms with Crippen LogP contribution in [0, 0.1) is 5.82 Å². The molecule has 27 heavy (non-hydrogen) atoms. The first-order valence-electron chi connectivity index (χ1n) is 8.45. The molecule has 1 amide bonds. The van der Waals surface area contributed by atoms with Gasteiger partial charge in [-0.2, -0.15) is 0 Å². The lowest BCUT2D eigenvalue weighted by molar-refractivity contribution is 0.0943. The molecule has 1 N–H and O–H groups in total. The zero-order valence-electron chi connectivity index (χ0n) is 14.9. The number of ether oxygens (including phenoxy) is 2. The van der Waals surface area contributed by atoms with Crippen molar-refractivity contribution >= 4 is 5.91 Å². The fourth-order valence-corrected chi connectivity index (χ4v) is 2.56. The van der Waals surface area contributed by atoms with Crippen LogP contribution >= 0.6 is 0 Å². The van der Waals surface area contributed by atoms with Gasteiger partial charge >= 0.3 is 0 Å². The van der Waals surface area contributed by atoms with Crippen molar-refractivity contribution in [1.29, 1.82) is 0 Å². The number of nitrogens with zero attached hydrogens (tertiary/aromatic N) is 2. The molecule has 1 aromatic heterocycles. The van der Waals surface area contributed by atoms with E-state index < -0.39 is 0 Å². The van der Waals surface area contributed by atoms with Crippen molar-refractivity contribution in [3.8, 4) is 11.4 Å². The zero-order valence-corrected chi connectivity index (χ0v) is 14.9. The number of para-hydroxylation sites is 1. The number of aromatic nitrogens is 2. The molecule has 0 saturated heterocycles. The molecule has 7 heteroatoms. The first kappa shape index (κ1) is 18.6. The van der Waals surface area contributed by atoms with Crippen molar-refractivity contribution in [3.05, 3.63) is 78.1 Å². The van der Waals surface area contributed by atoms with Crippen molar-refractivity contribution < 1.29 is 18.7 Å². The van der Waals surface area contributed by atoms with Gasteiger partial charge in [-0.25, -0.2) is 9.37 Å². The Morgan fingerprint density at radius 3 is 2.81 bits per heavy atom. The van der Waals surface area contributed by atoms with Crippen molar-refractivity contribution in [2.75, 3.05) is 20.3 Å². The van der Waals surface area contributed by atoms with Crippen LogP contribution in [0.15, 0.2) is 61.2 Å². The number of halogens is 1. The molecule has 0 radical (unpaired) electrons. The highest BCUT2D eigenvalue weighted by Gasteiger charge is 2.12. The van der Waals surface area contributed by atoms with Gasteiger partial charge in [0.15, 0.2) is 0 Å². The van der Waals surface area contributed by atoms with Crippen LogP contribution in [0.2, 0.25) is 0 Å². The van der Waals surface area contributed by atoms with E-state index in [1.165, 1.54) is 12.4 Å². The SMILES string of the molecule is COCCOc1ccccc1C(=O)NCc1ccc(-n2ccnc2)c(F)c1. The lowest BCUT2D eigenvalue weighted by atomic mass is 10.1. The van der Waals surface area contributed by atoms with Gasteiger partial charge in [-0.3, -0.25) is 4.79 Å². The molecule has 140 valence electrons. The molecule has 1 heterocycles. The quantitative estimate of drug-likeness (QED) is 0.620. The second kappa shape index (κ2) is 8.95. The summed E-state index contributed by atoms with van der Waals surface area (Å²) in [5, 5.41) is 2.79. The minimum Gasteiger partial charge on any atom is -0.490 e. The van der Waals surface area contributed by atoms with Crippen LogP contribution in [0.1, 0.15) is 15.9 Å². The number of hydrogen-bond donors (Lipinski definition) is 1. The number of amides is 1. The van der Waals surface area contributed by atoms with E-state index in [1.807, 2.05) is 0 Å². The molecular weight excluding hydrogens is 349 g/mol. The van der Waals surface area contributed by atoms with Crippen LogP contribution in [0.4, 0.5) is 4.39 Å². The third kappa shape index (κ3) is 4.71. The summed E-state index contributed by atoms with van der Waals surface area (Å²) in [5.74, 6) is -0.196. The van der Waals surface area contributed by atoms with Gasteiger partial charge in [-0.15, -0.1) is 0 Å². The summed E-state index contributed by atoms with van der Waals surface area (Å²) in [7, 11) is 1.58. The molecule has 0 saturated carbocycles. The van der Waals surface area contributed by atoms with E-state index in [2.05, 4.69) is 10.3 Å². The number of nitrogens with one attached hydrogen (secondary N) is 1. The lowest BCUT2D eigenvalue weighted by Gasteiger charge is -2.12. The van der Waals surface area contributed by atoms with Crippen LogP contribution in [0.5, 0.6) is 5.75 Å². The molecule has 3 aromatic rings.